The van der Waals surface area contributed by atoms with Crippen LogP contribution in [0.25, 0.3) is 10.9 Å². The molecule has 0 atom stereocenters. The van der Waals surface area contributed by atoms with Crippen LogP contribution in [-0.4, -0.2) is 74.6 Å². The van der Waals surface area contributed by atoms with E-state index in [1.807, 2.05) is 12.1 Å². The minimum absolute atomic E-state index is 0.0875. The topological polar surface area (TPSA) is 58.1 Å². The molecule has 6 heteroatoms. The molecule has 1 aliphatic rings. The zero-order chi connectivity index (χ0) is 17.6. The van der Waals surface area contributed by atoms with Crippen molar-refractivity contribution in [2.24, 2.45) is 0 Å². The van der Waals surface area contributed by atoms with Crippen LogP contribution in [-0.2, 0) is 4.74 Å². The minimum atomic E-state index is 0.0875. The number of aliphatic hydroxyl groups excluding tert-OH is 1. The van der Waals surface area contributed by atoms with Crippen molar-refractivity contribution in [1.82, 2.24) is 9.88 Å². The molecule has 3 rings (SSSR count). The van der Waals surface area contributed by atoms with E-state index in [2.05, 4.69) is 28.9 Å². The van der Waals surface area contributed by atoms with Gasteiger partial charge in [0, 0.05) is 38.1 Å². The van der Waals surface area contributed by atoms with E-state index in [0.29, 0.717) is 13.2 Å². The van der Waals surface area contributed by atoms with Gasteiger partial charge < -0.3 is 19.5 Å². The van der Waals surface area contributed by atoms with Crippen molar-refractivity contribution < 1.29 is 14.6 Å². The smallest absolute Gasteiger partial charge is 0.145 e. The van der Waals surface area contributed by atoms with Crippen molar-refractivity contribution in [3.05, 3.63) is 29.8 Å². The number of benzene rings is 1. The van der Waals surface area contributed by atoms with Crippen LogP contribution in [0.4, 0.5) is 5.82 Å². The number of piperazine rings is 1. The third-order valence-corrected chi connectivity index (χ3v) is 4.70. The van der Waals surface area contributed by atoms with Crippen LogP contribution in [0.1, 0.15) is 5.56 Å². The van der Waals surface area contributed by atoms with E-state index in [1.165, 1.54) is 5.56 Å². The van der Waals surface area contributed by atoms with Crippen molar-refractivity contribution in [1.29, 1.82) is 0 Å². The molecule has 0 amide bonds. The number of rotatable bonds is 7. The third-order valence-electron chi connectivity index (χ3n) is 4.70. The number of aliphatic hydroxyl groups is 1. The molecule has 1 aliphatic heterocycles. The molecule has 0 unspecified atom stereocenters. The Bertz CT molecular complexity index is 700. The minimum Gasteiger partial charge on any atom is -0.494 e. The SMILES string of the molecule is COc1cccc2c(C)cc(N3CCN(CCOCCO)CC3)nc12. The Labute approximate surface area is 149 Å². The lowest BCUT2D eigenvalue weighted by Crippen LogP contribution is -2.47. The second-order valence-electron chi connectivity index (χ2n) is 6.32. The van der Waals surface area contributed by atoms with Crippen molar-refractivity contribution in [3.8, 4) is 5.75 Å². The van der Waals surface area contributed by atoms with Crippen molar-refractivity contribution in [2.45, 2.75) is 6.92 Å². The van der Waals surface area contributed by atoms with E-state index in [0.717, 1.165) is 55.2 Å². The van der Waals surface area contributed by atoms with E-state index in [1.54, 1.807) is 7.11 Å². The maximum absolute atomic E-state index is 8.74. The summed E-state index contributed by atoms with van der Waals surface area (Å²) >= 11 is 0. The quantitative estimate of drug-likeness (QED) is 0.771. The Morgan fingerprint density at radius 2 is 1.96 bits per heavy atom. The lowest BCUT2D eigenvalue weighted by molar-refractivity contribution is 0.0724. The maximum Gasteiger partial charge on any atom is 0.145 e. The molecule has 2 heterocycles. The predicted octanol–water partition coefficient (Wildman–Crippen LogP) is 1.68. The van der Waals surface area contributed by atoms with Gasteiger partial charge in [-0.3, -0.25) is 4.90 Å². The number of para-hydroxylation sites is 1. The van der Waals surface area contributed by atoms with Crippen molar-refractivity contribution >= 4 is 16.7 Å². The van der Waals surface area contributed by atoms with E-state index in [9.17, 15) is 0 Å². The van der Waals surface area contributed by atoms with Gasteiger partial charge in [0.05, 0.1) is 26.9 Å². The van der Waals surface area contributed by atoms with Gasteiger partial charge >= 0.3 is 0 Å². The van der Waals surface area contributed by atoms with Crippen LogP contribution in [0.15, 0.2) is 24.3 Å². The summed E-state index contributed by atoms with van der Waals surface area (Å²) in [6.07, 6.45) is 0. The first-order valence-electron chi connectivity index (χ1n) is 8.83. The molecule has 0 spiro atoms. The number of pyridine rings is 1. The molecule has 0 bridgehead atoms. The lowest BCUT2D eigenvalue weighted by Gasteiger charge is -2.35. The second kappa shape index (κ2) is 8.47. The Morgan fingerprint density at radius 1 is 1.16 bits per heavy atom. The van der Waals surface area contributed by atoms with Crippen LogP contribution in [0.3, 0.4) is 0 Å². The summed E-state index contributed by atoms with van der Waals surface area (Å²) in [4.78, 5) is 9.60. The van der Waals surface area contributed by atoms with E-state index in [4.69, 9.17) is 19.6 Å². The average molecular weight is 345 g/mol. The normalized spacial score (nSPS) is 15.7. The van der Waals surface area contributed by atoms with E-state index < -0.39 is 0 Å². The Balaban J connectivity index is 1.67. The summed E-state index contributed by atoms with van der Waals surface area (Å²) in [7, 11) is 1.69. The largest absolute Gasteiger partial charge is 0.494 e. The number of ether oxygens (including phenoxy) is 2. The van der Waals surface area contributed by atoms with Gasteiger partial charge in [0.2, 0.25) is 0 Å². The molecule has 2 aromatic rings. The first kappa shape index (κ1) is 17.9. The predicted molar refractivity (Wildman–Crippen MR) is 99.6 cm³/mol. The monoisotopic (exact) mass is 345 g/mol. The second-order valence-corrected chi connectivity index (χ2v) is 6.32. The van der Waals surface area contributed by atoms with Crippen molar-refractivity contribution in [2.75, 3.05) is 64.6 Å². The molecular weight excluding hydrogens is 318 g/mol. The molecule has 1 aromatic heterocycles. The number of aryl methyl sites for hydroxylation is 1. The molecule has 1 fully saturated rings. The Kier molecular flexibility index (Phi) is 6.07. The molecule has 0 saturated carbocycles. The zero-order valence-corrected chi connectivity index (χ0v) is 15.1. The van der Waals surface area contributed by atoms with Crippen molar-refractivity contribution in [3.63, 3.8) is 0 Å². The molecule has 6 nitrogen and oxygen atoms in total. The Morgan fingerprint density at radius 3 is 2.68 bits per heavy atom. The van der Waals surface area contributed by atoms with Crippen LogP contribution in [0.2, 0.25) is 0 Å². The highest BCUT2D eigenvalue weighted by Crippen LogP contribution is 2.29. The standard InChI is InChI=1S/C19H27N3O3/c1-15-14-18(20-19-16(15)4-3-5-17(19)24-2)22-8-6-21(7-9-22)10-12-25-13-11-23/h3-5,14,23H,6-13H2,1-2H3. The van der Waals surface area contributed by atoms with E-state index in [-0.39, 0.29) is 6.61 Å². The fourth-order valence-corrected chi connectivity index (χ4v) is 3.26. The number of aromatic nitrogens is 1. The molecule has 1 aromatic carbocycles. The third kappa shape index (κ3) is 4.21. The molecule has 25 heavy (non-hydrogen) atoms. The van der Waals surface area contributed by atoms with Gasteiger partial charge in [0.25, 0.3) is 0 Å². The number of hydrogen-bond acceptors (Lipinski definition) is 6. The number of nitrogens with zero attached hydrogens (tertiary/aromatic N) is 3. The number of hydrogen-bond donors (Lipinski definition) is 1. The van der Waals surface area contributed by atoms with E-state index >= 15 is 0 Å². The van der Waals surface area contributed by atoms with Gasteiger partial charge in [-0.15, -0.1) is 0 Å². The molecule has 0 radical (unpaired) electrons. The highest BCUT2D eigenvalue weighted by atomic mass is 16.5. The summed E-state index contributed by atoms with van der Waals surface area (Å²) in [6.45, 7) is 8.10. The summed E-state index contributed by atoms with van der Waals surface area (Å²) < 4.78 is 10.8. The van der Waals surface area contributed by atoms with Gasteiger partial charge in [0.1, 0.15) is 17.1 Å². The van der Waals surface area contributed by atoms with Crippen LogP contribution < -0.4 is 9.64 Å². The summed E-state index contributed by atoms with van der Waals surface area (Å²) in [5.41, 5.74) is 2.15. The summed E-state index contributed by atoms with van der Waals surface area (Å²) in [5.74, 6) is 1.84. The highest BCUT2D eigenvalue weighted by molar-refractivity contribution is 5.88. The van der Waals surface area contributed by atoms with Gasteiger partial charge in [-0.2, -0.15) is 0 Å². The van der Waals surface area contributed by atoms with Gasteiger partial charge in [-0.1, -0.05) is 12.1 Å². The van der Waals surface area contributed by atoms with Crippen LogP contribution >= 0.6 is 0 Å². The first-order valence-corrected chi connectivity index (χ1v) is 8.83. The molecule has 136 valence electrons. The number of anilines is 1. The number of fused-ring (bicyclic) bond motifs is 1. The highest BCUT2D eigenvalue weighted by Gasteiger charge is 2.19. The zero-order valence-electron chi connectivity index (χ0n) is 15.1. The lowest BCUT2D eigenvalue weighted by atomic mass is 10.1. The molecular formula is C19H27N3O3. The summed E-state index contributed by atoms with van der Waals surface area (Å²) in [5, 5.41) is 9.88. The van der Waals surface area contributed by atoms with Gasteiger partial charge in [-0.05, 0) is 24.6 Å². The van der Waals surface area contributed by atoms with Crippen LogP contribution in [0.5, 0.6) is 5.75 Å². The number of methoxy groups -OCH3 is 1. The molecule has 1 saturated heterocycles. The maximum atomic E-state index is 8.74. The Hall–Kier alpha value is -1.89. The van der Waals surface area contributed by atoms with Gasteiger partial charge in [-0.25, -0.2) is 4.98 Å². The first-order chi connectivity index (χ1) is 12.2. The summed E-state index contributed by atoms with van der Waals surface area (Å²) in [6, 6.07) is 8.23. The fourth-order valence-electron chi connectivity index (χ4n) is 3.26. The molecule has 1 N–H and O–H groups in total. The molecule has 0 aliphatic carbocycles. The van der Waals surface area contributed by atoms with Crippen LogP contribution in [0, 0.1) is 6.92 Å². The average Bonchev–Trinajstić information content (AvgIpc) is 2.65. The van der Waals surface area contributed by atoms with Gasteiger partial charge in [0.15, 0.2) is 0 Å². The fraction of sp³-hybridized carbons (Fsp3) is 0.526.